The van der Waals surface area contributed by atoms with Crippen LogP contribution in [0.15, 0.2) is 84.9 Å². The maximum absolute atomic E-state index is 13.7. The summed E-state index contributed by atoms with van der Waals surface area (Å²) >= 11 is 0. The van der Waals surface area contributed by atoms with E-state index in [0.717, 1.165) is 11.1 Å². The Morgan fingerprint density at radius 3 is 1.93 bits per heavy atom. The minimum absolute atomic E-state index is 0.0480. The van der Waals surface area contributed by atoms with Gasteiger partial charge in [0.05, 0.1) is 12.1 Å². The molecule has 0 saturated heterocycles. The van der Waals surface area contributed by atoms with Gasteiger partial charge in [-0.05, 0) is 30.2 Å². The van der Waals surface area contributed by atoms with Crippen LogP contribution in [0.1, 0.15) is 30.4 Å². The lowest BCUT2D eigenvalue weighted by Gasteiger charge is -2.19. The molecule has 0 fully saturated rings. The molecule has 0 radical (unpaired) electrons. The Morgan fingerprint density at radius 2 is 1.38 bits per heavy atom. The number of benzene rings is 3. The highest BCUT2D eigenvalue weighted by molar-refractivity contribution is 5.95. The van der Waals surface area contributed by atoms with E-state index in [1.165, 1.54) is 25.1 Å². The Kier molecular flexibility index (Phi) is 6.74. The van der Waals surface area contributed by atoms with Gasteiger partial charge in [0.1, 0.15) is 5.82 Å². The zero-order valence-electron chi connectivity index (χ0n) is 16.0. The van der Waals surface area contributed by atoms with Gasteiger partial charge in [-0.1, -0.05) is 72.8 Å². The second kappa shape index (κ2) is 9.64. The summed E-state index contributed by atoms with van der Waals surface area (Å²) in [5.41, 5.74) is 2.02. The Hall–Kier alpha value is -3.47. The SMILES string of the molecule is CC(OC(=O)CC(c1ccccc1)c1ccccc1)C(=O)Nc1ccccc1F. The van der Waals surface area contributed by atoms with E-state index >= 15 is 0 Å². The molecule has 0 aromatic heterocycles. The topological polar surface area (TPSA) is 55.4 Å². The summed E-state index contributed by atoms with van der Waals surface area (Å²) < 4.78 is 19.0. The monoisotopic (exact) mass is 391 g/mol. The molecule has 148 valence electrons. The molecular weight excluding hydrogens is 369 g/mol. The van der Waals surface area contributed by atoms with Gasteiger partial charge in [0, 0.05) is 5.92 Å². The molecule has 0 bridgehead atoms. The van der Waals surface area contributed by atoms with Crippen LogP contribution in [-0.2, 0) is 14.3 Å². The standard InChI is InChI=1S/C24H22FNO3/c1-17(24(28)26-22-15-9-8-14-21(22)25)29-23(27)16-20(18-10-4-2-5-11-18)19-12-6-3-7-13-19/h2-15,17,20H,16H2,1H3,(H,26,28). The lowest BCUT2D eigenvalue weighted by molar-refractivity contribution is -0.153. The zero-order chi connectivity index (χ0) is 20.6. The molecule has 3 rings (SSSR count). The number of esters is 1. The molecule has 3 aromatic carbocycles. The van der Waals surface area contributed by atoms with Crippen molar-refractivity contribution in [3.63, 3.8) is 0 Å². The number of hydrogen-bond acceptors (Lipinski definition) is 3. The summed E-state index contributed by atoms with van der Waals surface area (Å²) in [4.78, 5) is 24.8. The van der Waals surface area contributed by atoms with E-state index in [0.29, 0.717) is 0 Å². The minimum atomic E-state index is -1.05. The van der Waals surface area contributed by atoms with Crippen LogP contribution < -0.4 is 5.32 Å². The van der Waals surface area contributed by atoms with E-state index < -0.39 is 23.8 Å². The van der Waals surface area contributed by atoms with Crippen molar-refractivity contribution in [3.8, 4) is 0 Å². The maximum atomic E-state index is 13.7. The normalized spacial score (nSPS) is 11.7. The number of halogens is 1. The van der Waals surface area contributed by atoms with Crippen LogP contribution in [0.2, 0.25) is 0 Å². The summed E-state index contributed by atoms with van der Waals surface area (Å²) in [7, 11) is 0. The number of ether oxygens (including phenoxy) is 1. The average Bonchev–Trinajstić information content (AvgIpc) is 2.75. The molecule has 29 heavy (non-hydrogen) atoms. The largest absolute Gasteiger partial charge is 0.453 e. The second-order valence-corrected chi connectivity index (χ2v) is 6.68. The fourth-order valence-corrected chi connectivity index (χ4v) is 3.06. The molecule has 5 heteroatoms. The van der Waals surface area contributed by atoms with Crippen molar-refractivity contribution in [3.05, 3.63) is 102 Å². The third-order valence-electron chi connectivity index (χ3n) is 4.58. The summed E-state index contributed by atoms with van der Waals surface area (Å²) in [6.07, 6.45) is -0.958. The molecule has 1 amide bonds. The van der Waals surface area contributed by atoms with Crippen molar-refractivity contribution in [2.24, 2.45) is 0 Å². The van der Waals surface area contributed by atoms with E-state index in [1.54, 1.807) is 6.07 Å². The molecule has 0 saturated carbocycles. The van der Waals surface area contributed by atoms with Gasteiger partial charge in [-0.2, -0.15) is 0 Å². The highest BCUT2D eigenvalue weighted by Gasteiger charge is 2.23. The molecule has 0 aliphatic heterocycles. The first-order valence-corrected chi connectivity index (χ1v) is 9.39. The van der Waals surface area contributed by atoms with Gasteiger partial charge in [0.25, 0.3) is 5.91 Å². The highest BCUT2D eigenvalue weighted by atomic mass is 19.1. The molecule has 0 aliphatic carbocycles. The van der Waals surface area contributed by atoms with Gasteiger partial charge in [-0.25, -0.2) is 4.39 Å². The van der Waals surface area contributed by atoms with Gasteiger partial charge in [-0.15, -0.1) is 0 Å². The van der Waals surface area contributed by atoms with E-state index in [9.17, 15) is 14.0 Å². The molecule has 1 unspecified atom stereocenters. The lowest BCUT2D eigenvalue weighted by Crippen LogP contribution is -2.30. The highest BCUT2D eigenvalue weighted by Crippen LogP contribution is 2.28. The predicted molar refractivity (Wildman–Crippen MR) is 110 cm³/mol. The van der Waals surface area contributed by atoms with Crippen LogP contribution in [0.25, 0.3) is 0 Å². The maximum Gasteiger partial charge on any atom is 0.307 e. The van der Waals surface area contributed by atoms with Crippen LogP contribution in [0.4, 0.5) is 10.1 Å². The Balaban J connectivity index is 1.67. The van der Waals surface area contributed by atoms with Crippen LogP contribution in [0.5, 0.6) is 0 Å². The number of hydrogen-bond donors (Lipinski definition) is 1. The molecule has 4 nitrogen and oxygen atoms in total. The van der Waals surface area contributed by atoms with Crippen molar-refractivity contribution in [2.75, 3.05) is 5.32 Å². The van der Waals surface area contributed by atoms with Gasteiger partial charge in [0.15, 0.2) is 6.10 Å². The minimum Gasteiger partial charge on any atom is -0.453 e. The van der Waals surface area contributed by atoms with E-state index in [4.69, 9.17) is 4.74 Å². The first kappa shape index (κ1) is 20.3. The first-order chi connectivity index (χ1) is 14.0. The predicted octanol–water partition coefficient (Wildman–Crippen LogP) is 4.92. The number of carbonyl (C=O) groups is 2. The quantitative estimate of drug-likeness (QED) is 0.582. The average molecular weight is 391 g/mol. The summed E-state index contributed by atoms with van der Waals surface area (Å²) in [5, 5.41) is 2.44. The Morgan fingerprint density at radius 1 is 0.862 bits per heavy atom. The smallest absolute Gasteiger partial charge is 0.307 e. The van der Waals surface area contributed by atoms with Crippen molar-refractivity contribution >= 4 is 17.6 Å². The summed E-state index contributed by atoms with van der Waals surface area (Å²) in [6.45, 7) is 1.47. The molecule has 0 heterocycles. The van der Waals surface area contributed by atoms with Gasteiger partial charge in [-0.3, -0.25) is 9.59 Å². The van der Waals surface area contributed by atoms with Crippen molar-refractivity contribution in [1.29, 1.82) is 0 Å². The third-order valence-corrected chi connectivity index (χ3v) is 4.58. The summed E-state index contributed by atoms with van der Waals surface area (Å²) in [5.74, 6) is -1.82. The molecule has 0 spiro atoms. The molecule has 1 N–H and O–H groups in total. The van der Waals surface area contributed by atoms with E-state index in [1.807, 2.05) is 60.7 Å². The molecule has 0 aliphatic rings. The molecule has 1 atom stereocenters. The van der Waals surface area contributed by atoms with Crippen LogP contribution >= 0.6 is 0 Å². The van der Waals surface area contributed by atoms with E-state index in [2.05, 4.69) is 5.32 Å². The van der Waals surface area contributed by atoms with E-state index in [-0.39, 0.29) is 18.0 Å². The van der Waals surface area contributed by atoms with Crippen LogP contribution in [0.3, 0.4) is 0 Å². The number of nitrogens with one attached hydrogen (secondary N) is 1. The number of rotatable bonds is 7. The van der Waals surface area contributed by atoms with Gasteiger partial charge >= 0.3 is 5.97 Å². The van der Waals surface area contributed by atoms with Crippen LogP contribution in [0, 0.1) is 5.82 Å². The van der Waals surface area contributed by atoms with Crippen molar-refractivity contribution < 1.29 is 18.7 Å². The second-order valence-electron chi connectivity index (χ2n) is 6.68. The number of anilines is 1. The Bertz CT molecular complexity index is 921. The van der Waals surface area contributed by atoms with Crippen LogP contribution in [-0.4, -0.2) is 18.0 Å². The van der Waals surface area contributed by atoms with Gasteiger partial charge in [0.2, 0.25) is 0 Å². The van der Waals surface area contributed by atoms with Gasteiger partial charge < -0.3 is 10.1 Å². The molecular formula is C24H22FNO3. The summed E-state index contributed by atoms with van der Waals surface area (Å²) in [6, 6.07) is 25.2. The fourth-order valence-electron chi connectivity index (χ4n) is 3.06. The zero-order valence-corrected chi connectivity index (χ0v) is 16.0. The lowest BCUT2D eigenvalue weighted by atomic mass is 9.88. The number of amides is 1. The Labute approximate surface area is 169 Å². The number of para-hydroxylation sites is 1. The van der Waals surface area contributed by atoms with Crippen molar-refractivity contribution in [2.45, 2.75) is 25.4 Å². The third kappa shape index (κ3) is 5.51. The fraction of sp³-hybridized carbons (Fsp3) is 0.167. The molecule has 3 aromatic rings. The first-order valence-electron chi connectivity index (χ1n) is 9.39. The van der Waals surface area contributed by atoms with Crippen molar-refractivity contribution in [1.82, 2.24) is 0 Å². The number of carbonyl (C=O) groups excluding carboxylic acids is 2.